The fourth-order valence-corrected chi connectivity index (χ4v) is 2.36. The van der Waals surface area contributed by atoms with Crippen molar-refractivity contribution in [1.82, 2.24) is 10.2 Å². The number of ether oxygens (including phenoxy) is 1. The number of nitrogens with one attached hydrogen (secondary N) is 1. The molecule has 110 valence electrons. The molecular weight excluding hydrogens is 244 g/mol. The van der Waals surface area contributed by atoms with E-state index in [0.29, 0.717) is 38.6 Å². The lowest BCUT2D eigenvalue weighted by molar-refractivity contribution is -0.143. The van der Waals surface area contributed by atoms with Crippen molar-refractivity contribution in [2.45, 2.75) is 52.0 Å². The number of hydrogen-bond acceptors (Lipinski definition) is 4. The van der Waals surface area contributed by atoms with Crippen LogP contribution < -0.4 is 5.32 Å². The molecule has 1 aliphatic rings. The number of hydrogen-bond donors (Lipinski definition) is 1. The summed E-state index contributed by atoms with van der Waals surface area (Å²) in [5.41, 5.74) is 0. The predicted molar refractivity (Wildman–Crippen MR) is 73.8 cm³/mol. The number of carbonyl (C=O) groups excluding carboxylic acids is 2. The summed E-state index contributed by atoms with van der Waals surface area (Å²) in [6.45, 7) is 6.26. The van der Waals surface area contributed by atoms with Crippen molar-refractivity contribution in [1.29, 1.82) is 0 Å². The van der Waals surface area contributed by atoms with Gasteiger partial charge in [-0.05, 0) is 46.1 Å². The summed E-state index contributed by atoms with van der Waals surface area (Å²) >= 11 is 0. The molecule has 0 spiro atoms. The molecular formula is C14H26N2O3. The Morgan fingerprint density at radius 1 is 1.37 bits per heavy atom. The van der Waals surface area contributed by atoms with Gasteiger partial charge in [-0.25, -0.2) is 0 Å². The Labute approximate surface area is 115 Å². The van der Waals surface area contributed by atoms with Gasteiger partial charge in [-0.15, -0.1) is 0 Å². The van der Waals surface area contributed by atoms with Gasteiger partial charge in [0.1, 0.15) is 0 Å². The van der Waals surface area contributed by atoms with E-state index in [2.05, 4.69) is 12.2 Å². The molecule has 1 rings (SSSR count). The minimum atomic E-state index is -0.166. The molecule has 0 saturated carbocycles. The van der Waals surface area contributed by atoms with Crippen molar-refractivity contribution in [3.8, 4) is 0 Å². The van der Waals surface area contributed by atoms with Crippen molar-refractivity contribution >= 4 is 11.9 Å². The van der Waals surface area contributed by atoms with Gasteiger partial charge in [-0.2, -0.15) is 0 Å². The zero-order chi connectivity index (χ0) is 14.1. The highest BCUT2D eigenvalue weighted by Gasteiger charge is 2.22. The first kappa shape index (κ1) is 16.0. The number of likely N-dealkylation sites (tertiary alicyclic amines) is 1. The second kappa shape index (κ2) is 8.91. The quantitative estimate of drug-likeness (QED) is 0.560. The Balaban J connectivity index is 2.08. The molecule has 0 bridgehead atoms. The van der Waals surface area contributed by atoms with Crippen LogP contribution in [0.5, 0.6) is 0 Å². The van der Waals surface area contributed by atoms with Gasteiger partial charge in [0.2, 0.25) is 5.91 Å². The number of amides is 1. The van der Waals surface area contributed by atoms with Crippen molar-refractivity contribution < 1.29 is 14.3 Å². The first-order valence-corrected chi connectivity index (χ1v) is 7.31. The third-order valence-electron chi connectivity index (χ3n) is 3.44. The van der Waals surface area contributed by atoms with Crippen LogP contribution in [-0.4, -0.2) is 49.1 Å². The highest BCUT2D eigenvalue weighted by Crippen LogP contribution is 2.15. The fraction of sp³-hybridized carbons (Fsp3) is 0.857. The van der Waals surface area contributed by atoms with Crippen LogP contribution >= 0.6 is 0 Å². The van der Waals surface area contributed by atoms with Crippen LogP contribution in [0.2, 0.25) is 0 Å². The van der Waals surface area contributed by atoms with Crippen molar-refractivity contribution in [3.05, 3.63) is 0 Å². The van der Waals surface area contributed by atoms with E-state index in [9.17, 15) is 9.59 Å². The van der Waals surface area contributed by atoms with Crippen molar-refractivity contribution in [2.75, 3.05) is 26.2 Å². The maximum atomic E-state index is 12.0. The first-order chi connectivity index (χ1) is 9.15. The molecule has 0 aromatic carbocycles. The molecule has 1 heterocycles. The molecule has 1 atom stereocenters. The van der Waals surface area contributed by atoms with E-state index < -0.39 is 0 Å². The molecule has 1 fully saturated rings. The molecule has 0 radical (unpaired) electrons. The van der Waals surface area contributed by atoms with E-state index in [0.717, 1.165) is 19.4 Å². The van der Waals surface area contributed by atoms with Crippen LogP contribution in [0.4, 0.5) is 0 Å². The highest BCUT2D eigenvalue weighted by atomic mass is 16.5. The van der Waals surface area contributed by atoms with Gasteiger partial charge in [-0.3, -0.25) is 9.59 Å². The fourth-order valence-electron chi connectivity index (χ4n) is 2.36. The first-order valence-electron chi connectivity index (χ1n) is 7.31. The van der Waals surface area contributed by atoms with Gasteiger partial charge in [0, 0.05) is 19.0 Å². The molecule has 0 aliphatic carbocycles. The third-order valence-corrected chi connectivity index (χ3v) is 3.44. The van der Waals surface area contributed by atoms with Gasteiger partial charge >= 0.3 is 5.97 Å². The average Bonchev–Trinajstić information content (AvgIpc) is 2.39. The summed E-state index contributed by atoms with van der Waals surface area (Å²) in [6, 6.07) is 0.364. The van der Waals surface area contributed by atoms with E-state index >= 15 is 0 Å². The second-order valence-corrected chi connectivity index (χ2v) is 5.02. The zero-order valence-electron chi connectivity index (χ0n) is 12.1. The van der Waals surface area contributed by atoms with E-state index in [4.69, 9.17) is 4.74 Å². The molecule has 1 aliphatic heterocycles. The van der Waals surface area contributed by atoms with E-state index in [1.807, 2.05) is 4.90 Å². The molecule has 1 N–H and O–H groups in total. The molecule has 1 amide bonds. The van der Waals surface area contributed by atoms with Crippen LogP contribution in [0.15, 0.2) is 0 Å². The Morgan fingerprint density at radius 2 is 2.16 bits per heavy atom. The summed E-state index contributed by atoms with van der Waals surface area (Å²) in [5.74, 6) is 0.00335. The Kier molecular flexibility index (Phi) is 7.48. The second-order valence-electron chi connectivity index (χ2n) is 5.02. The predicted octanol–water partition coefficient (Wildman–Crippen LogP) is 1.32. The minimum Gasteiger partial charge on any atom is -0.466 e. The number of piperidine rings is 1. The maximum Gasteiger partial charge on any atom is 0.305 e. The van der Waals surface area contributed by atoms with E-state index in [1.54, 1.807) is 6.92 Å². The zero-order valence-corrected chi connectivity index (χ0v) is 12.1. The largest absolute Gasteiger partial charge is 0.466 e. The monoisotopic (exact) mass is 270 g/mol. The Morgan fingerprint density at radius 3 is 2.84 bits per heavy atom. The van der Waals surface area contributed by atoms with Crippen LogP contribution in [0, 0.1) is 0 Å². The SMILES string of the molecule is CCOC(=O)CCCNCC(=O)N1CCCCC1C. The molecule has 1 saturated heterocycles. The van der Waals surface area contributed by atoms with E-state index in [-0.39, 0.29) is 11.9 Å². The standard InChI is InChI=1S/C14H26N2O3/c1-3-19-14(18)8-6-9-15-11-13(17)16-10-5-4-7-12(16)2/h12,15H,3-11H2,1-2H3. The lowest BCUT2D eigenvalue weighted by atomic mass is 10.0. The summed E-state index contributed by atoms with van der Waals surface area (Å²) in [4.78, 5) is 25.0. The van der Waals surface area contributed by atoms with Crippen LogP contribution in [-0.2, 0) is 14.3 Å². The van der Waals surface area contributed by atoms with Crippen molar-refractivity contribution in [3.63, 3.8) is 0 Å². The maximum absolute atomic E-state index is 12.0. The van der Waals surface area contributed by atoms with Gasteiger partial charge in [0.05, 0.1) is 13.2 Å². The molecule has 5 heteroatoms. The minimum absolute atomic E-state index is 0.166. The van der Waals surface area contributed by atoms with Gasteiger partial charge in [-0.1, -0.05) is 0 Å². The van der Waals surface area contributed by atoms with Gasteiger partial charge in [0.25, 0.3) is 0 Å². The van der Waals surface area contributed by atoms with Gasteiger partial charge in [0.15, 0.2) is 0 Å². The number of carbonyl (C=O) groups is 2. The summed E-state index contributed by atoms with van der Waals surface area (Å²) in [7, 11) is 0. The normalized spacial score (nSPS) is 19.3. The smallest absolute Gasteiger partial charge is 0.305 e. The third kappa shape index (κ3) is 6.05. The molecule has 5 nitrogen and oxygen atoms in total. The lowest BCUT2D eigenvalue weighted by Gasteiger charge is -2.33. The average molecular weight is 270 g/mol. The number of nitrogens with zero attached hydrogens (tertiary/aromatic N) is 1. The molecule has 0 aromatic heterocycles. The topological polar surface area (TPSA) is 58.6 Å². The molecule has 19 heavy (non-hydrogen) atoms. The summed E-state index contributed by atoms with van der Waals surface area (Å²) < 4.78 is 4.84. The highest BCUT2D eigenvalue weighted by molar-refractivity contribution is 5.78. The van der Waals surface area contributed by atoms with Crippen molar-refractivity contribution in [2.24, 2.45) is 0 Å². The Hall–Kier alpha value is -1.10. The Bertz CT molecular complexity index is 294. The summed E-state index contributed by atoms with van der Waals surface area (Å²) in [5, 5.41) is 3.10. The van der Waals surface area contributed by atoms with E-state index in [1.165, 1.54) is 6.42 Å². The number of rotatable bonds is 7. The van der Waals surface area contributed by atoms with Crippen LogP contribution in [0.25, 0.3) is 0 Å². The van der Waals surface area contributed by atoms with Crippen LogP contribution in [0.1, 0.15) is 46.0 Å². The number of esters is 1. The molecule has 1 unspecified atom stereocenters. The van der Waals surface area contributed by atoms with Crippen LogP contribution in [0.3, 0.4) is 0 Å². The molecule has 0 aromatic rings. The van der Waals surface area contributed by atoms with Gasteiger partial charge < -0.3 is 15.0 Å². The summed E-state index contributed by atoms with van der Waals surface area (Å²) in [6.07, 6.45) is 4.56. The lowest BCUT2D eigenvalue weighted by Crippen LogP contribution is -2.46.